The number of carbonyl (C=O) groups is 1. The number of anilines is 2. The quantitative estimate of drug-likeness (QED) is 0.488. The predicted molar refractivity (Wildman–Crippen MR) is 94.5 cm³/mol. The van der Waals surface area contributed by atoms with Crippen LogP contribution < -0.4 is 10.6 Å². The van der Waals surface area contributed by atoms with Crippen LogP contribution in [0.5, 0.6) is 0 Å². The summed E-state index contributed by atoms with van der Waals surface area (Å²) in [5.74, 6) is -0.129. The molecule has 3 heterocycles. The maximum Gasteiger partial charge on any atom is 0.212 e. The zero-order valence-corrected chi connectivity index (χ0v) is 13.7. The lowest BCUT2D eigenvalue weighted by molar-refractivity contribution is -0.105. The molecule has 126 valence electrons. The van der Waals surface area contributed by atoms with E-state index in [2.05, 4.69) is 25.9 Å². The van der Waals surface area contributed by atoms with E-state index in [0.29, 0.717) is 34.3 Å². The minimum absolute atomic E-state index is 0.00774. The lowest BCUT2D eigenvalue weighted by atomic mass is 10.0. The molecule has 0 aliphatic heterocycles. The van der Waals surface area contributed by atoms with Gasteiger partial charge < -0.3 is 10.6 Å². The number of nitrogens with one attached hydrogen (secondary N) is 3. The number of aromatic amines is 1. The highest BCUT2D eigenvalue weighted by atomic mass is 35.5. The number of hydrogen-bond donors (Lipinski definition) is 3. The molecule has 4 rings (SSSR count). The topological polar surface area (TPSA) is 87.1 Å². The lowest BCUT2D eigenvalue weighted by Crippen LogP contribution is -1.97. The van der Waals surface area contributed by atoms with E-state index < -0.39 is 5.82 Å². The number of H-pyrrole nitrogens is 1. The van der Waals surface area contributed by atoms with Crippen LogP contribution in [0.25, 0.3) is 27.5 Å². The number of aromatic nitrogens is 4. The van der Waals surface area contributed by atoms with Crippen LogP contribution in [-0.2, 0) is 4.79 Å². The number of amides is 1. The van der Waals surface area contributed by atoms with E-state index >= 15 is 0 Å². The Morgan fingerprint density at radius 3 is 3.00 bits per heavy atom. The number of benzene rings is 1. The molecule has 0 saturated heterocycles. The number of pyridine rings is 1. The van der Waals surface area contributed by atoms with Crippen molar-refractivity contribution >= 4 is 45.9 Å². The largest absolute Gasteiger partial charge is 0.384 e. The van der Waals surface area contributed by atoms with Gasteiger partial charge in [-0.25, -0.2) is 8.91 Å². The van der Waals surface area contributed by atoms with Gasteiger partial charge in [-0.3, -0.25) is 9.89 Å². The normalized spacial score (nSPS) is 11.2. The second kappa shape index (κ2) is 5.75. The third-order valence-corrected chi connectivity index (χ3v) is 4.35. The van der Waals surface area contributed by atoms with E-state index in [1.54, 1.807) is 36.1 Å². The van der Waals surface area contributed by atoms with Gasteiger partial charge in [0.2, 0.25) is 6.41 Å². The summed E-state index contributed by atoms with van der Waals surface area (Å²) in [7, 11) is 1.62. The monoisotopic (exact) mass is 358 g/mol. The molecule has 3 N–H and O–H groups in total. The van der Waals surface area contributed by atoms with Crippen LogP contribution in [0.4, 0.5) is 15.9 Å². The van der Waals surface area contributed by atoms with E-state index in [4.69, 9.17) is 11.6 Å². The fourth-order valence-electron chi connectivity index (χ4n) is 2.91. The Hall–Kier alpha value is -3.13. The molecule has 0 radical (unpaired) electrons. The van der Waals surface area contributed by atoms with Crippen molar-refractivity contribution in [3.63, 3.8) is 0 Å². The summed E-state index contributed by atoms with van der Waals surface area (Å²) in [6.45, 7) is 0. The highest BCUT2D eigenvalue weighted by Crippen LogP contribution is 2.41. The van der Waals surface area contributed by atoms with Crippen molar-refractivity contribution in [2.24, 2.45) is 0 Å². The number of carbonyl (C=O) groups excluding carboxylic acids is 1. The highest BCUT2D eigenvalue weighted by molar-refractivity contribution is 6.36. The van der Waals surface area contributed by atoms with Crippen LogP contribution >= 0.6 is 11.6 Å². The molecule has 25 heavy (non-hydrogen) atoms. The molecule has 0 saturated carbocycles. The summed E-state index contributed by atoms with van der Waals surface area (Å²) in [5.41, 5.74) is 2.78. The van der Waals surface area contributed by atoms with Gasteiger partial charge in [0.15, 0.2) is 11.6 Å². The van der Waals surface area contributed by atoms with Gasteiger partial charge in [-0.15, -0.1) is 0 Å². The SMILES string of the molecule is CNc1c(F)c(Cl)c(-c2ccn3nc(NC=O)cc3c2)c2cn[nH]c12. The van der Waals surface area contributed by atoms with E-state index in [-0.39, 0.29) is 10.7 Å². The first-order valence-electron chi connectivity index (χ1n) is 7.35. The first kappa shape index (κ1) is 15.4. The maximum absolute atomic E-state index is 14.7. The van der Waals surface area contributed by atoms with Gasteiger partial charge in [0.25, 0.3) is 0 Å². The summed E-state index contributed by atoms with van der Waals surface area (Å²) in [4.78, 5) is 10.6. The Kier molecular flexibility index (Phi) is 3.54. The Morgan fingerprint density at radius 2 is 2.24 bits per heavy atom. The lowest BCUT2D eigenvalue weighted by Gasteiger charge is -2.12. The number of fused-ring (bicyclic) bond motifs is 2. The molecular formula is C16H12ClFN6O. The summed E-state index contributed by atoms with van der Waals surface area (Å²) in [6, 6.07) is 5.29. The van der Waals surface area contributed by atoms with Gasteiger partial charge in [0.1, 0.15) is 0 Å². The standard InChI is InChI=1S/C16H12ClFN6O/c1-19-16-14(18)13(17)12(10-6-21-22-15(10)16)8-2-3-24-9(4-8)5-11(23-24)20-7-25/h2-7,19H,1H3,(H,21,22)(H,20,23,25). The number of halogens is 2. The van der Waals surface area contributed by atoms with Crippen LogP contribution in [0.1, 0.15) is 0 Å². The Morgan fingerprint density at radius 1 is 1.40 bits per heavy atom. The molecule has 3 aromatic heterocycles. The number of rotatable bonds is 4. The van der Waals surface area contributed by atoms with Gasteiger partial charge in [-0.2, -0.15) is 10.2 Å². The zero-order chi connectivity index (χ0) is 17.6. The van der Waals surface area contributed by atoms with E-state index in [9.17, 15) is 9.18 Å². The van der Waals surface area contributed by atoms with Gasteiger partial charge >= 0.3 is 0 Å². The first-order valence-corrected chi connectivity index (χ1v) is 7.73. The molecule has 0 unspecified atom stereocenters. The van der Waals surface area contributed by atoms with E-state index in [0.717, 1.165) is 5.52 Å². The van der Waals surface area contributed by atoms with Crippen molar-refractivity contribution in [1.82, 2.24) is 19.8 Å². The summed E-state index contributed by atoms with van der Waals surface area (Å²) in [5, 5.41) is 17.0. The van der Waals surface area contributed by atoms with E-state index in [1.165, 1.54) is 0 Å². The average molecular weight is 359 g/mol. The molecule has 7 nitrogen and oxygen atoms in total. The molecular weight excluding hydrogens is 347 g/mol. The van der Waals surface area contributed by atoms with Gasteiger partial charge in [0, 0.05) is 30.3 Å². The summed E-state index contributed by atoms with van der Waals surface area (Å²) >= 11 is 6.32. The smallest absolute Gasteiger partial charge is 0.212 e. The summed E-state index contributed by atoms with van der Waals surface area (Å²) in [6.07, 6.45) is 3.88. The molecule has 0 atom stereocenters. The van der Waals surface area contributed by atoms with Crippen molar-refractivity contribution in [2.75, 3.05) is 17.7 Å². The fraction of sp³-hybridized carbons (Fsp3) is 0.0625. The molecule has 0 aliphatic rings. The van der Waals surface area contributed by atoms with E-state index in [1.807, 2.05) is 6.07 Å². The summed E-state index contributed by atoms with van der Waals surface area (Å²) < 4.78 is 16.3. The van der Waals surface area contributed by atoms with Crippen molar-refractivity contribution in [3.8, 4) is 11.1 Å². The number of nitrogens with zero attached hydrogens (tertiary/aromatic N) is 3. The predicted octanol–water partition coefficient (Wildman–Crippen LogP) is 3.28. The van der Waals surface area contributed by atoms with Crippen molar-refractivity contribution in [3.05, 3.63) is 41.4 Å². The van der Waals surface area contributed by atoms with Crippen molar-refractivity contribution in [1.29, 1.82) is 0 Å². The van der Waals surface area contributed by atoms with Crippen LogP contribution in [0.3, 0.4) is 0 Å². The highest BCUT2D eigenvalue weighted by Gasteiger charge is 2.20. The minimum Gasteiger partial charge on any atom is -0.384 e. The molecule has 0 spiro atoms. The van der Waals surface area contributed by atoms with Crippen LogP contribution in [0.15, 0.2) is 30.6 Å². The number of hydrogen-bond acceptors (Lipinski definition) is 4. The molecule has 9 heteroatoms. The Balaban J connectivity index is 1.98. The molecule has 0 bridgehead atoms. The van der Waals surface area contributed by atoms with Gasteiger partial charge in [-0.1, -0.05) is 11.6 Å². The second-order valence-electron chi connectivity index (χ2n) is 5.36. The third kappa shape index (κ3) is 2.30. The second-order valence-corrected chi connectivity index (χ2v) is 5.74. The Labute approximate surface area is 145 Å². The Bertz CT molecular complexity index is 1120. The van der Waals surface area contributed by atoms with Crippen molar-refractivity contribution in [2.45, 2.75) is 0 Å². The van der Waals surface area contributed by atoms with Crippen LogP contribution in [0, 0.1) is 5.82 Å². The first-order chi connectivity index (χ1) is 12.1. The molecule has 0 fully saturated rings. The van der Waals surface area contributed by atoms with Crippen molar-refractivity contribution < 1.29 is 9.18 Å². The molecule has 1 amide bonds. The van der Waals surface area contributed by atoms with Crippen LogP contribution in [-0.4, -0.2) is 33.3 Å². The van der Waals surface area contributed by atoms with Gasteiger partial charge in [0.05, 0.1) is 27.9 Å². The molecule has 1 aromatic carbocycles. The zero-order valence-electron chi connectivity index (χ0n) is 13.0. The average Bonchev–Trinajstić information content (AvgIpc) is 3.22. The molecule has 4 aromatic rings. The minimum atomic E-state index is -0.549. The molecule has 0 aliphatic carbocycles. The van der Waals surface area contributed by atoms with Crippen LogP contribution in [0.2, 0.25) is 5.02 Å². The maximum atomic E-state index is 14.7. The third-order valence-electron chi connectivity index (χ3n) is 4.00. The van der Waals surface area contributed by atoms with Gasteiger partial charge in [-0.05, 0) is 17.7 Å². The fourth-order valence-corrected chi connectivity index (χ4v) is 3.22.